The van der Waals surface area contributed by atoms with Crippen LogP contribution in [0.5, 0.6) is 0 Å². The van der Waals surface area contributed by atoms with Gasteiger partial charge in [0.15, 0.2) is 5.82 Å². The van der Waals surface area contributed by atoms with Gasteiger partial charge in [-0.05, 0) is 25.8 Å². The van der Waals surface area contributed by atoms with Gasteiger partial charge in [-0.2, -0.15) is 15.2 Å². The Morgan fingerprint density at radius 2 is 2.11 bits per heavy atom. The maximum atomic E-state index is 5.98. The van der Waals surface area contributed by atoms with E-state index in [1.807, 2.05) is 19.9 Å². The number of nitrogens with zero attached hydrogens (tertiary/aromatic N) is 4. The van der Waals surface area contributed by atoms with Crippen LogP contribution in [0.1, 0.15) is 49.9 Å². The van der Waals surface area contributed by atoms with E-state index in [4.69, 9.17) is 10.3 Å². The zero-order valence-corrected chi connectivity index (χ0v) is 11.6. The fraction of sp³-hybridized carbons (Fsp3) is 0.538. The SMILES string of the molecule is CCCC(N)c1noc(-c2cc(C)nnc2CC)n1. The highest BCUT2D eigenvalue weighted by Gasteiger charge is 2.17. The van der Waals surface area contributed by atoms with Crippen molar-refractivity contribution in [3.8, 4) is 11.5 Å². The highest BCUT2D eigenvalue weighted by atomic mass is 16.5. The smallest absolute Gasteiger partial charge is 0.259 e. The third kappa shape index (κ3) is 2.96. The number of aryl methyl sites for hydroxylation is 2. The zero-order chi connectivity index (χ0) is 13.8. The fourth-order valence-corrected chi connectivity index (χ4v) is 1.90. The number of aromatic nitrogens is 4. The van der Waals surface area contributed by atoms with Crippen LogP contribution in [0.4, 0.5) is 0 Å². The van der Waals surface area contributed by atoms with Gasteiger partial charge in [-0.25, -0.2) is 0 Å². The molecule has 1 atom stereocenters. The van der Waals surface area contributed by atoms with E-state index in [0.29, 0.717) is 11.7 Å². The van der Waals surface area contributed by atoms with E-state index in [-0.39, 0.29) is 6.04 Å². The molecule has 0 saturated carbocycles. The monoisotopic (exact) mass is 261 g/mol. The Kier molecular flexibility index (Phi) is 4.21. The summed E-state index contributed by atoms with van der Waals surface area (Å²) in [6.45, 7) is 5.98. The third-order valence-corrected chi connectivity index (χ3v) is 2.93. The molecule has 102 valence electrons. The molecule has 0 aromatic carbocycles. The summed E-state index contributed by atoms with van der Waals surface area (Å²) < 4.78 is 5.31. The number of hydrogen-bond donors (Lipinski definition) is 1. The van der Waals surface area contributed by atoms with Crippen LogP contribution in [0.2, 0.25) is 0 Å². The van der Waals surface area contributed by atoms with Crippen molar-refractivity contribution in [3.05, 3.63) is 23.3 Å². The molecule has 1 unspecified atom stereocenters. The Morgan fingerprint density at radius 3 is 2.79 bits per heavy atom. The van der Waals surface area contributed by atoms with Crippen molar-refractivity contribution >= 4 is 0 Å². The largest absolute Gasteiger partial charge is 0.334 e. The molecule has 2 rings (SSSR count). The lowest BCUT2D eigenvalue weighted by atomic mass is 10.1. The first-order valence-corrected chi connectivity index (χ1v) is 6.58. The molecule has 2 N–H and O–H groups in total. The zero-order valence-electron chi connectivity index (χ0n) is 11.6. The molecule has 0 aliphatic rings. The minimum atomic E-state index is -0.177. The van der Waals surface area contributed by atoms with Crippen LogP contribution in [-0.4, -0.2) is 20.3 Å². The molecule has 0 bridgehead atoms. The molecular weight excluding hydrogens is 242 g/mol. The molecule has 19 heavy (non-hydrogen) atoms. The van der Waals surface area contributed by atoms with Crippen molar-refractivity contribution in [2.45, 2.75) is 46.1 Å². The van der Waals surface area contributed by atoms with E-state index in [2.05, 4.69) is 27.3 Å². The van der Waals surface area contributed by atoms with E-state index < -0.39 is 0 Å². The Labute approximate surface area is 112 Å². The molecular formula is C13H19N5O. The number of hydrogen-bond acceptors (Lipinski definition) is 6. The second kappa shape index (κ2) is 5.88. The molecule has 2 aromatic heterocycles. The Hall–Kier alpha value is -1.82. The molecule has 2 heterocycles. The third-order valence-electron chi connectivity index (χ3n) is 2.93. The van der Waals surface area contributed by atoms with Gasteiger partial charge in [0.2, 0.25) is 0 Å². The van der Waals surface area contributed by atoms with Gasteiger partial charge in [0, 0.05) is 0 Å². The van der Waals surface area contributed by atoms with E-state index in [1.165, 1.54) is 0 Å². The van der Waals surface area contributed by atoms with E-state index >= 15 is 0 Å². The van der Waals surface area contributed by atoms with Gasteiger partial charge in [-0.1, -0.05) is 25.4 Å². The average molecular weight is 261 g/mol. The number of nitrogens with two attached hydrogens (primary N) is 1. The van der Waals surface area contributed by atoms with Gasteiger partial charge in [0.25, 0.3) is 5.89 Å². The van der Waals surface area contributed by atoms with Gasteiger partial charge in [-0.15, -0.1) is 0 Å². The first-order valence-electron chi connectivity index (χ1n) is 6.58. The first-order chi connectivity index (χ1) is 9.15. The fourth-order valence-electron chi connectivity index (χ4n) is 1.90. The van der Waals surface area contributed by atoms with Crippen molar-refractivity contribution in [2.75, 3.05) is 0 Å². The molecule has 0 fully saturated rings. The summed E-state index contributed by atoms with van der Waals surface area (Å²) in [5, 5.41) is 12.2. The molecule has 0 amide bonds. The summed E-state index contributed by atoms with van der Waals surface area (Å²) in [4.78, 5) is 4.38. The molecule has 0 radical (unpaired) electrons. The van der Waals surface area contributed by atoms with Crippen molar-refractivity contribution in [1.82, 2.24) is 20.3 Å². The van der Waals surface area contributed by atoms with Crippen LogP contribution in [0.3, 0.4) is 0 Å². The lowest BCUT2D eigenvalue weighted by Crippen LogP contribution is -2.11. The normalized spacial score (nSPS) is 12.6. The summed E-state index contributed by atoms with van der Waals surface area (Å²) in [6, 6.07) is 1.73. The Balaban J connectivity index is 2.34. The molecule has 0 saturated heterocycles. The Bertz CT molecular complexity index is 552. The molecule has 6 nitrogen and oxygen atoms in total. The predicted molar refractivity (Wildman–Crippen MR) is 71.3 cm³/mol. The van der Waals surface area contributed by atoms with Crippen LogP contribution in [0.25, 0.3) is 11.5 Å². The van der Waals surface area contributed by atoms with Crippen LogP contribution < -0.4 is 5.73 Å². The second-order valence-corrected chi connectivity index (χ2v) is 4.55. The van der Waals surface area contributed by atoms with Gasteiger partial charge in [-0.3, -0.25) is 0 Å². The first kappa shape index (κ1) is 13.6. The van der Waals surface area contributed by atoms with Gasteiger partial charge < -0.3 is 10.3 Å². The standard InChI is InChI=1S/C13H19N5O/c1-4-6-10(14)12-15-13(19-18-12)9-7-8(3)16-17-11(9)5-2/h7,10H,4-6,14H2,1-3H3. The van der Waals surface area contributed by atoms with Gasteiger partial charge >= 0.3 is 0 Å². The average Bonchev–Trinajstić information content (AvgIpc) is 2.88. The van der Waals surface area contributed by atoms with E-state index in [1.54, 1.807) is 0 Å². The predicted octanol–water partition coefficient (Wildman–Crippen LogP) is 2.20. The molecule has 0 aliphatic heterocycles. The quantitative estimate of drug-likeness (QED) is 0.887. The lowest BCUT2D eigenvalue weighted by Gasteiger charge is -2.03. The van der Waals surface area contributed by atoms with Gasteiger partial charge in [0.05, 0.1) is 23.0 Å². The molecule has 6 heteroatoms. The summed E-state index contributed by atoms with van der Waals surface area (Å²) >= 11 is 0. The highest BCUT2D eigenvalue weighted by Crippen LogP contribution is 2.23. The van der Waals surface area contributed by atoms with Crippen molar-refractivity contribution in [1.29, 1.82) is 0 Å². The molecule has 0 spiro atoms. The van der Waals surface area contributed by atoms with Crippen molar-refractivity contribution in [2.24, 2.45) is 5.73 Å². The summed E-state index contributed by atoms with van der Waals surface area (Å²) in [5.41, 5.74) is 8.50. The minimum Gasteiger partial charge on any atom is -0.334 e. The topological polar surface area (TPSA) is 90.7 Å². The molecule has 0 aliphatic carbocycles. The molecule has 2 aromatic rings. The summed E-state index contributed by atoms with van der Waals surface area (Å²) in [7, 11) is 0. The van der Waals surface area contributed by atoms with Crippen LogP contribution in [0.15, 0.2) is 10.6 Å². The maximum Gasteiger partial charge on any atom is 0.259 e. The number of rotatable bonds is 5. The lowest BCUT2D eigenvalue weighted by molar-refractivity contribution is 0.412. The van der Waals surface area contributed by atoms with Crippen LogP contribution in [0, 0.1) is 6.92 Å². The maximum absolute atomic E-state index is 5.98. The minimum absolute atomic E-state index is 0.177. The van der Waals surface area contributed by atoms with Crippen LogP contribution in [-0.2, 0) is 6.42 Å². The Morgan fingerprint density at radius 1 is 1.32 bits per heavy atom. The second-order valence-electron chi connectivity index (χ2n) is 4.55. The van der Waals surface area contributed by atoms with Crippen molar-refractivity contribution in [3.63, 3.8) is 0 Å². The van der Waals surface area contributed by atoms with Crippen LogP contribution >= 0.6 is 0 Å². The van der Waals surface area contributed by atoms with E-state index in [0.717, 1.165) is 36.2 Å². The van der Waals surface area contributed by atoms with Crippen molar-refractivity contribution < 1.29 is 4.52 Å². The van der Waals surface area contributed by atoms with E-state index in [9.17, 15) is 0 Å². The van der Waals surface area contributed by atoms with Gasteiger partial charge in [0.1, 0.15) is 0 Å². The summed E-state index contributed by atoms with van der Waals surface area (Å²) in [6.07, 6.45) is 2.59. The summed E-state index contributed by atoms with van der Waals surface area (Å²) in [5.74, 6) is 1.02. The highest BCUT2D eigenvalue weighted by molar-refractivity contribution is 5.56.